The summed E-state index contributed by atoms with van der Waals surface area (Å²) in [6.07, 6.45) is 1.17. The van der Waals surface area contributed by atoms with Crippen molar-refractivity contribution in [2.24, 2.45) is 23.2 Å². The van der Waals surface area contributed by atoms with E-state index in [9.17, 15) is 4.79 Å². The summed E-state index contributed by atoms with van der Waals surface area (Å²) in [4.78, 5) is 14.2. The number of nitrogens with one attached hydrogen (secondary N) is 1. The Bertz CT molecular complexity index is 298. The van der Waals surface area contributed by atoms with Gasteiger partial charge in [-0.3, -0.25) is 4.79 Å². The van der Waals surface area contributed by atoms with Gasteiger partial charge in [0.25, 0.3) is 0 Å². The van der Waals surface area contributed by atoms with Crippen molar-refractivity contribution in [2.45, 2.75) is 33.2 Å². The zero-order valence-electron chi connectivity index (χ0n) is 11.1. The quantitative estimate of drug-likeness (QED) is 0.768. The Morgan fingerprint density at radius 1 is 1.44 bits per heavy atom. The highest BCUT2D eigenvalue weighted by Gasteiger charge is 2.54. The molecule has 0 aromatic heterocycles. The summed E-state index contributed by atoms with van der Waals surface area (Å²) in [7, 11) is 4.09. The van der Waals surface area contributed by atoms with E-state index >= 15 is 0 Å². The molecule has 2 fully saturated rings. The Morgan fingerprint density at radius 3 is 2.62 bits per heavy atom. The number of rotatable bonds is 2. The molecule has 1 saturated heterocycles. The molecule has 1 amide bonds. The Morgan fingerprint density at radius 2 is 2.06 bits per heavy atom. The molecule has 1 aliphatic heterocycles. The second kappa shape index (κ2) is 3.73. The Balaban J connectivity index is 2.24. The number of nitrogens with zero attached hydrogens (tertiary/aromatic N) is 1. The maximum absolute atomic E-state index is 12.1. The average molecular weight is 224 g/mol. The topological polar surface area (TPSA) is 32.3 Å². The lowest BCUT2D eigenvalue weighted by Crippen LogP contribution is -2.48. The molecule has 1 N–H and O–H groups in total. The summed E-state index contributed by atoms with van der Waals surface area (Å²) >= 11 is 0. The van der Waals surface area contributed by atoms with Gasteiger partial charge in [-0.1, -0.05) is 20.8 Å². The van der Waals surface area contributed by atoms with Gasteiger partial charge < -0.3 is 10.2 Å². The van der Waals surface area contributed by atoms with Crippen molar-refractivity contribution in [3.8, 4) is 0 Å². The first-order valence-corrected chi connectivity index (χ1v) is 6.29. The van der Waals surface area contributed by atoms with Crippen LogP contribution in [0.5, 0.6) is 0 Å². The SMILES string of the molecule is C[C@H]1[C@H]2C[C@H]([C@H](CN(C)C)C(=O)N2)C1(C)C. The van der Waals surface area contributed by atoms with Crippen LogP contribution >= 0.6 is 0 Å². The van der Waals surface area contributed by atoms with Crippen LogP contribution in [-0.4, -0.2) is 37.5 Å². The van der Waals surface area contributed by atoms with Crippen LogP contribution in [0.2, 0.25) is 0 Å². The van der Waals surface area contributed by atoms with Gasteiger partial charge in [0, 0.05) is 12.6 Å². The lowest BCUT2D eigenvalue weighted by Gasteiger charge is -2.36. The van der Waals surface area contributed by atoms with Crippen molar-refractivity contribution in [1.29, 1.82) is 0 Å². The molecule has 92 valence electrons. The molecule has 0 spiro atoms. The smallest absolute Gasteiger partial charge is 0.224 e. The standard InChI is InChI=1S/C13H24N2O/c1-8-11-6-10(13(8,2)3)9(7-15(4)5)12(16)14-11/h8-11H,6-7H2,1-5H3,(H,14,16)/t8-,9-,10+,11+/m0/s1. The molecule has 1 aliphatic carbocycles. The summed E-state index contributed by atoms with van der Waals surface area (Å²) in [5, 5.41) is 3.20. The van der Waals surface area contributed by atoms with Crippen molar-refractivity contribution in [2.75, 3.05) is 20.6 Å². The van der Waals surface area contributed by atoms with E-state index in [0.717, 1.165) is 6.54 Å². The van der Waals surface area contributed by atoms with Gasteiger partial charge in [-0.15, -0.1) is 0 Å². The third-order valence-corrected chi connectivity index (χ3v) is 4.95. The summed E-state index contributed by atoms with van der Waals surface area (Å²) in [5.41, 5.74) is 0.282. The zero-order valence-corrected chi connectivity index (χ0v) is 11.1. The van der Waals surface area contributed by atoms with Crippen LogP contribution < -0.4 is 5.32 Å². The number of fused-ring (bicyclic) bond motifs is 2. The van der Waals surface area contributed by atoms with E-state index in [2.05, 4.69) is 31.0 Å². The Hall–Kier alpha value is -0.570. The van der Waals surface area contributed by atoms with Crippen LogP contribution in [0.3, 0.4) is 0 Å². The molecule has 3 nitrogen and oxygen atoms in total. The van der Waals surface area contributed by atoms with Crippen molar-refractivity contribution < 1.29 is 4.79 Å². The molecule has 0 unspecified atom stereocenters. The normalized spacial score (nSPS) is 41.2. The highest BCUT2D eigenvalue weighted by Crippen LogP contribution is 2.52. The highest BCUT2D eigenvalue weighted by molar-refractivity contribution is 5.81. The largest absolute Gasteiger partial charge is 0.353 e. The van der Waals surface area contributed by atoms with Gasteiger partial charge in [-0.05, 0) is 37.8 Å². The summed E-state index contributed by atoms with van der Waals surface area (Å²) in [6, 6.07) is 0.408. The third-order valence-electron chi connectivity index (χ3n) is 4.95. The number of piperidine rings is 1. The van der Waals surface area contributed by atoms with Gasteiger partial charge in [0.2, 0.25) is 5.91 Å². The molecular formula is C13H24N2O. The van der Waals surface area contributed by atoms with E-state index in [1.165, 1.54) is 6.42 Å². The lowest BCUT2D eigenvalue weighted by atomic mass is 9.71. The number of carbonyl (C=O) groups excluding carboxylic acids is 1. The van der Waals surface area contributed by atoms with Crippen LogP contribution in [0, 0.1) is 23.2 Å². The number of carbonyl (C=O) groups is 1. The molecule has 16 heavy (non-hydrogen) atoms. The monoisotopic (exact) mass is 224 g/mol. The maximum atomic E-state index is 12.1. The molecule has 2 bridgehead atoms. The Kier molecular flexibility index (Phi) is 2.77. The molecule has 2 aliphatic rings. The van der Waals surface area contributed by atoms with Crippen molar-refractivity contribution in [3.05, 3.63) is 0 Å². The predicted octanol–water partition coefficient (Wildman–Crippen LogP) is 1.34. The van der Waals surface area contributed by atoms with E-state index in [1.54, 1.807) is 0 Å². The van der Waals surface area contributed by atoms with Crippen LogP contribution in [0.15, 0.2) is 0 Å². The van der Waals surface area contributed by atoms with Crippen molar-refractivity contribution in [3.63, 3.8) is 0 Å². The molecule has 1 saturated carbocycles. The molecule has 1 heterocycles. The Labute approximate surface area is 98.6 Å². The fourth-order valence-electron chi connectivity index (χ4n) is 3.58. The average Bonchev–Trinajstić information content (AvgIpc) is 2.35. The second-order valence-electron chi connectivity index (χ2n) is 6.44. The minimum Gasteiger partial charge on any atom is -0.353 e. The van der Waals surface area contributed by atoms with E-state index in [0.29, 0.717) is 17.9 Å². The van der Waals surface area contributed by atoms with Crippen LogP contribution in [0.4, 0.5) is 0 Å². The predicted molar refractivity (Wildman–Crippen MR) is 65.0 cm³/mol. The van der Waals surface area contributed by atoms with Gasteiger partial charge in [0.05, 0.1) is 5.92 Å². The van der Waals surface area contributed by atoms with Gasteiger partial charge in [0.1, 0.15) is 0 Å². The maximum Gasteiger partial charge on any atom is 0.224 e. The van der Waals surface area contributed by atoms with Crippen molar-refractivity contribution >= 4 is 5.91 Å². The fourth-order valence-corrected chi connectivity index (χ4v) is 3.58. The first kappa shape index (κ1) is 11.9. The minimum atomic E-state index is 0.172. The second-order valence-corrected chi connectivity index (χ2v) is 6.44. The van der Waals surface area contributed by atoms with Gasteiger partial charge in [0.15, 0.2) is 0 Å². The molecule has 0 aromatic carbocycles. The summed E-state index contributed by atoms with van der Waals surface area (Å²) < 4.78 is 0. The van der Waals surface area contributed by atoms with Gasteiger partial charge in [-0.25, -0.2) is 0 Å². The minimum absolute atomic E-state index is 0.172. The molecule has 0 aromatic rings. The van der Waals surface area contributed by atoms with Crippen LogP contribution in [-0.2, 0) is 4.79 Å². The molecule has 4 atom stereocenters. The van der Waals surface area contributed by atoms with E-state index in [-0.39, 0.29) is 17.2 Å². The highest BCUT2D eigenvalue weighted by atomic mass is 16.2. The third kappa shape index (κ3) is 1.65. The number of hydrogen-bond donors (Lipinski definition) is 1. The first-order valence-electron chi connectivity index (χ1n) is 6.29. The molecule has 3 heteroatoms. The fraction of sp³-hybridized carbons (Fsp3) is 0.923. The molecule has 0 radical (unpaired) electrons. The summed E-state index contributed by atoms with van der Waals surface area (Å²) in [5.74, 6) is 1.58. The number of amides is 1. The van der Waals surface area contributed by atoms with Crippen molar-refractivity contribution in [1.82, 2.24) is 10.2 Å². The molecule has 2 rings (SSSR count). The summed E-state index contributed by atoms with van der Waals surface area (Å²) in [6.45, 7) is 7.80. The van der Waals surface area contributed by atoms with Crippen LogP contribution in [0.25, 0.3) is 0 Å². The lowest BCUT2D eigenvalue weighted by molar-refractivity contribution is -0.130. The van der Waals surface area contributed by atoms with E-state index in [4.69, 9.17) is 0 Å². The van der Waals surface area contributed by atoms with Gasteiger partial charge >= 0.3 is 0 Å². The zero-order chi connectivity index (χ0) is 12.1. The van der Waals surface area contributed by atoms with Crippen LogP contribution in [0.1, 0.15) is 27.2 Å². The van der Waals surface area contributed by atoms with Gasteiger partial charge in [-0.2, -0.15) is 0 Å². The first-order chi connectivity index (χ1) is 7.34. The van der Waals surface area contributed by atoms with E-state index in [1.807, 2.05) is 14.1 Å². The molecular weight excluding hydrogens is 200 g/mol. The van der Waals surface area contributed by atoms with E-state index < -0.39 is 0 Å². The number of hydrogen-bond acceptors (Lipinski definition) is 2.